The molecule has 1 saturated carbocycles. The van der Waals surface area contributed by atoms with Crippen LogP contribution in [-0.2, 0) is 11.2 Å². The third-order valence-corrected chi connectivity index (χ3v) is 6.48. The van der Waals surface area contributed by atoms with E-state index in [2.05, 4.69) is 5.32 Å². The molecule has 1 aliphatic carbocycles. The van der Waals surface area contributed by atoms with Gasteiger partial charge in [0.25, 0.3) is 5.91 Å². The van der Waals surface area contributed by atoms with Crippen LogP contribution < -0.4 is 5.32 Å². The molecule has 0 bridgehead atoms. The predicted octanol–water partition coefficient (Wildman–Crippen LogP) is 4.83. The Kier molecular flexibility index (Phi) is 6.64. The Hall–Kier alpha value is -2.86. The van der Waals surface area contributed by atoms with Gasteiger partial charge < -0.3 is 14.6 Å². The standard InChI is InChI=1S/C24H26N2O3S/c27-23(25-19-10-4-5-11-19)22(21-13-7-17-30-21)26(24(28)20-12-6-16-29-20)15-14-18-8-2-1-3-9-18/h1-3,6-9,12-13,16-17,19,22H,4-5,10-11,14-15H2,(H,25,27)/t22-/m1/s1. The van der Waals surface area contributed by atoms with Crippen LogP contribution in [0.4, 0.5) is 0 Å². The van der Waals surface area contributed by atoms with Crippen LogP contribution in [0.2, 0.25) is 0 Å². The van der Waals surface area contributed by atoms with Crippen LogP contribution in [0.1, 0.15) is 52.7 Å². The van der Waals surface area contributed by atoms with Crippen LogP contribution in [-0.4, -0.2) is 29.3 Å². The molecule has 1 N–H and O–H groups in total. The van der Waals surface area contributed by atoms with Gasteiger partial charge in [-0.3, -0.25) is 9.59 Å². The molecule has 1 fully saturated rings. The molecule has 1 aliphatic rings. The van der Waals surface area contributed by atoms with Crippen molar-refractivity contribution in [2.45, 2.75) is 44.2 Å². The first-order chi connectivity index (χ1) is 14.7. The number of amides is 2. The zero-order valence-corrected chi connectivity index (χ0v) is 17.6. The first kappa shape index (κ1) is 20.4. The van der Waals surface area contributed by atoms with Gasteiger partial charge in [-0.05, 0) is 48.4 Å². The summed E-state index contributed by atoms with van der Waals surface area (Å²) in [6.07, 6.45) is 6.42. The number of hydrogen-bond donors (Lipinski definition) is 1. The number of carbonyl (C=O) groups is 2. The van der Waals surface area contributed by atoms with Crippen molar-refractivity contribution >= 4 is 23.2 Å². The Morgan fingerprint density at radius 1 is 1.07 bits per heavy atom. The fourth-order valence-corrected chi connectivity index (χ4v) is 4.84. The lowest BCUT2D eigenvalue weighted by atomic mass is 10.1. The van der Waals surface area contributed by atoms with E-state index in [9.17, 15) is 9.59 Å². The minimum Gasteiger partial charge on any atom is -0.459 e. The van der Waals surface area contributed by atoms with E-state index in [-0.39, 0.29) is 23.6 Å². The highest BCUT2D eigenvalue weighted by Gasteiger charge is 2.35. The molecule has 2 amide bonds. The fraction of sp³-hybridized carbons (Fsp3) is 0.333. The van der Waals surface area contributed by atoms with Gasteiger partial charge in [0.15, 0.2) is 5.76 Å². The number of thiophene rings is 1. The van der Waals surface area contributed by atoms with Crippen molar-refractivity contribution in [3.8, 4) is 0 Å². The summed E-state index contributed by atoms with van der Waals surface area (Å²) in [5, 5.41) is 5.13. The number of hydrogen-bond acceptors (Lipinski definition) is 4. The highest BCUT2D eigenvalue weighted by molar-refractivity contribution is 7.10. The molecule has 6 heteroatoms. The van der Waals surface area contributed by atoms with Gasteiger partial charge >= 0.3 is 0 Å². The van der Waals surface area contributed by atoms with E-state index in [1.54, 1.807) is 17.0 Å². The van der Waals surface area contributed by atoms with Crippen LogP contribution in [0.5, 0.6) is 0 Å². The molecule has 1 atom stereocenters. The number of carbonyl (C=O) groups excluding carboxylic acids is 2. The zero-order chi connectivity index (χ0) is 20.8. The van der Waals surface area contributed by atoms with E-state index in [1.165, 1.54) is 17.6 Å². The lowest BCUT2D eigenvalue weighted by molar-refractivity contribution is -0.126. The lowest BCUT2D eigenvalue weighted by Crippen LogP contribution is -2.46. The highest BCUT2D eigenvalue weighted by atomic mass is 32.1. The van der Waals surface area contributed by atoms with Gasteiger partial charge in [0.05, 0.1) is 6.26 Å². The van der Waals surface area contributed by atoms with Gasteiger partial charge in [0.1, 0.15) is 6.04 Å². The Labute approximate surface area is 180 Å². The predicted molar refractivity (Wildman–Crippen MR) is 117 cm³/mol. The van der Waals surface area contributed by atoms with Gasteiger partial charge in [-0.25, -0.2) is 0 Å². The first-order valence-electron chi connectivity index (χ1n) is 10.4. The topological polar surface area (TPSA) is 62.6 Å². The SMILES string of the molecule is O=C(NC1CCCC1)[C@@H](c1cccs1)N(CCc1ccccc1)C(=O)c1ccco1. The minimum absolute atomic E-state index is 0.114. The molecule has 0 saturated heterocycles. The highest BCUT2D eigenvalue weighted by Crippen LogP contribution is 2.29. The molecular weight excluding hydrogens is 396 g/mol. The van der Waals surface area contributed by atoms with Crippen molar-refractivity contribution in [3.05, 3.63) is 82.4 Å². The van der Waals surface area contributed by atoms with Crippen LogP contribution >= 0.6 is 11.3 Å². The van der Waals surface area contributed by atoms with Crippen LogP contribution in [0.3, 0.4) is 0 Å². The summed E-state index contributed by atoms with van der Waals surface area (Å²) in [6, 6.07) is 16.7. The third kappa shape index (κ3) is 4.82. The monoisotopic (exact) mass is 422 g/mol. The summed E-state index contributed by atoms with van der Waals surface area (Å²) in [7, 11) is 0. The average molecular weight is 423 g/mol. The van der Waals surface area contributed by atoms with Gasteiger partial charge in [0.2, 0.25) is 5.91 Å². The van der Waals surface area contributed by atoms with Crippen LogP contribution in [0, 0.1) is 0 Å². The number of nitrogens with one attached hydrogen (secondary N) is 1. The maximum atomic E-state index is 13.4. The number of benzene rings is 1. The van der Waals surface area contributed by atoms with Crippen LogP contribution in [0.25, 0.3) is 0 Å². The molecule has 4 rings (SSSR count). The maximum Gasteiger partial charge on any atom is 0.290 e. The Morgan fingerprint density at radius 2 is 1.87 bits per heavy atom. The second kappa shape index (κ2) is 9.76. The van der Waals surface area contributed by atoms with E-state index in [0.717, 1.165) is 36.1 Å². The smallest absolute Gasteiger partial charge is 0.290 e. The molecule has 5 nitrogen and oxygen atoms in total. The number of rotatable bonds is 8. The second-order valence-electron chi connectivity index (χ2n) is 7.62. The molecule has 0 spiro atoms. The summed E-state index contributed by atoms with van der Waals surface area (Å²) in [6.45, 7) is 0.421. The van der Waals surface area contributed by atoms with Crippen molar-refractivity contribution in [3.63, 3.8) is 0 Å². The zero-order valence-electron chi connectivity index (χ0n) is 16.8. The molecule has 2 heterocycles. The fourth-order valence-electron chi connectivity index (χ4n) is 4.01. The van der Waals surface area contributed by atoms with E-state index >= 15 is 0 Å². The van der Waals surface area contributed by atoms with Crippen molar-refractivity contribution in [1.82, 2.24) is 10.2 Å². The lowest BCUT2D eigenvalue weighted by Gasteiger charge is -2.31. The molecule has 0 unspecified atom stereocenters. The van der Waals surface area contributed by atoms with Crippen molar-refractivity contribution < 1.29 is 14.0 Å². The molecule has 3 aromatic rings. The van der Waals surface area contributed by atoms with Gasteiger partial charge in [-0.1, -0.05) is 49.2 Å². The maximum absolute atomic E-state index is 13.4. The van der Waals surface area contributed by atoms with Crippen LogP contribution in [0.15, 0.2) is 70.7 Å². The van der Waals surface area contributed by atoms with Crippen molar-refractivity contribution in [2.24, 2.45) is 0 Å². The molecule has 156 valence electrons. The van der Waals surface area contributed by atoms with E-state index in [1.807, 2.05) is 47.8 Å². The average Bonchev–Trinajstić information content (AvgIpc) is 3.55. The Balaban J connectivity index is 1.62. The van der Waals surface area contributed by atoms with Gasteiger partial charge in [-0.15, -0.1) is 11.3 Å². The summed E-state index contributed by atoms with van der Waals surface area (Å²) in [5.74, 6) is -0.133. The largest absolute Gasteiger partial charge is 0.459 e. The Bertz CT molecular complexity index is 932. The second-order valence-corrected chi connectivity index (χ2v) is 8.60. The molecular formula is C24H26N2O3S. The van der Waals surface area contributed by atoms with E-state index in [4.69, 9.17) is 4.42 Å². The molecule has 2 aromatic heterocycles. The molecule has 30 heavy (non-hydrogen) atoms. The third-order valence-electron chi connectivity index (χ3n) is 5.55. The summed E-state index contributed by atoms with van der Waals surface area (Å²) in [5.41, 5.74) is 1.12. The van der Waals surface area contributed by atoms with Gasteiger partial charge in [-0.2, -0.15) is 0 Å². The molecule has 0 aliphatic heterocycles. The molecule has 1 aromatic carbocycles. The normalized spacial score (nSPS) is 15.1. The van der Waals surface area contributed by atoms with E-state index in [0.29, 0.717) is 13.0 Å². The first-order valence-corrected chi connectivity index (χ1v) is 11.3. The minimum atomic E-state index is -0.674. The van der Waals surface area contributed by atoms with Crippen molar-refractivity contribution in [1.29, 1.82) is 0 Å². The van der Waals surface area contributed by atoms with Gasteiger partial charge in [0, 0.05) is 17.5 Å². The van der Waals surface area contributed by atoms with E-state index < -0.39 is 6.04 Å². The number of furan rings is 1. The van der Waals surface area contributed by atoms with Crippen molar-refractivity contribution in [2.75, 3.05) is 6.54 Å². The molecule has 0 radical (unpaired) electrons. The number of nitrogens with zero attached hydrogens (tertiary/aromatic N) is 1. The summed E-state index contributed by atoms with van der Waals surface area (Å²) < 4.78 is 5.39. The summed E-state index contributed by atoms with van der Waals surface area (Å²) in [4.78, 5) is 29.3. The Morgan fingerprint density at radius 3 is 2.53 bits per heavy atom. The summed E-state index contributed by atoms with van der Waals surface area (Å²) >= 11 is 1.50. The quantitative estimate of drug-likeness (QED) is 0.566.